The van der Waals surface area contributed by atoms with Crippen LogP contribution in [0.1, 0.15) is 126 Å². The lowest BCUT2D eigenvalue weighted by atomic mass is 9.88. The minimum atomic E-state index is 0.711. The topological polar surface area (TPSA) is 26.0 Å². The zero-order chi connectivity index (χ0) is 16.9. The molecule has 0 spiro atoms. The first-order chi connectivity index (χ1) is 12.4. The number of fused-ring (bicyclic) bond motifs is 1. The first-order valence-electron chi connectivity index (χ1n) is 11.4. The predicted molar refractivity (Wildman–Crippen MR) is 103 cm³/mol. The van der Waals surface area contributed by atoms with Gasteiger partial charge in [0, 0.05) is 11.5 Å². The first-order valence-corrected chi connectivity index (χ1v) is 11.4. The molecule has 0 saturated heterocycles. The number of nitrogens with zero attached hydrogens (tertiary/aromatic N) is 1. The molecule has 1 heterocycles. The second-order valence-electron chi connectivity index (χ2n) is 9.09. The lowest BCUT2D eigenvalue weighted by Gasteiger charge is -2.15. The van der Waals surface area contributed by atoms with Crippen LogP contribution in [0.2, 0.25) is 0 Å². The van der Waals surface area contributed by atoms with E-state index in [4.69, 9.17) is 4.52 Å². The Balaban J connectivity index is 1.46. The maximum Gasteiger partial charge on any atom is 0.143 e. The van der Waals surface area contributed by atoms with Gasteiger partial charge >= 0.3 is 0 Å². The molecule has 4 rings (SSSR count). The lowest BCUT2D eigenvalue weighted by Crippen LogP contribution is -2.01. The molecule has 1 aromatic rings. The molecule has 3 aliphatic carbocycles. The van der Waals surface area contributed by atoms with Gasteiger partial charge in [0.25, 0.3) is 0 Å². The number of hydrogen-bond acceptors (Lipinski definition) is 2. The maximum absolute atomic E-state index is 5.93. The van der Waals surface area contributed by atoms with Gasteiger partial charge in [-0.2, -0.15) is 0 Å². The second kappa shape index (κ2) is 8.73. The monoisotopic (exact) mass is 343 g/mol. The van der Waals surface area contributed by atoms with Crippen LogP contribution < -0.4 is 0 Å². The van der Waals surface area contributed by atoms with E-state index in [1.54, 1.807) is 0 Å². The van der Waals surface area contributed by atoms with Crippen molar-refractivity contribution in [1.82, 2.24) is 5.16 Å². The van der Waals surface area contributed by atoms with Crippen molar-refractivity contribution in [3.63, 3.8) is 0 Å². The molecule has 3 fully saturated rings. The fraction of sp³-hybridized carbons (Fsp3) is 0.870. The Morgan fingerprint density at radius 3 is 1.68 bits per heavy atom. The Labute approximate surface area is 154 Å². The highest BCUT2D eigenvalue weighted by Gasteiger charge is 2.52. The summed E-state index contributed by atoms with van der Waals surface area (Å²) in [7, 11) is 0. The average molecular weight is 344 g/mol. The Morgan fingerprint density at radius 2 is 1.12 bits per heavy atom. The van der Waals surface area contributed by atoms with Crippen LogP contribution in [0.5, 0.6) is 0 Å². The van der Waals surface area contributed by atoms with Crippen LogP contribution in [-0.4, -0.2) is 5.16 Å². The minimum Gasteiger partial charge on any atom is -0.361 e. The number of rotatable bonds is 2. The van der Waals surface area contributed by atoms with Crippen molar-refractivity contribution in [3.05, 3.63) is 17.5 Å². The first kappa shape index (κ1) is 17.6. The normalized spacial score (nSPS) is 32.9. The molecule has 25 heavy (non-hydrogen) atoms. The molecule has 0 radical (unpaired) electrons. The van der Waals surface area contributed by atoms with Crippen molar-refractivity contribution in [2.45, 2.75) is 115 Å². The second-order valence-corrected chi connectivity index (χ2v) is 9.09. The van der Waals surface area contributed by atoms with E-state index in [9.17, 15) is 0 Å². The molecule has 0 aromatic carbocycles. The van der Waals surface area contributed by atoms with Gasteiger partial charge in [-0.3, -0.25) is 0 Å². The summed E-state index contributed by atoms with van der Waals surface area (Å²) < 4.78 is 5.93. The fourth-order valence-corrected chi connectivity index (χ4v) is 5.85. The summed E-state index contributed by atoms with van der Waals surface area (Å²) in [6.07, 6.45) is 24.9. The van der Waals surface area contributed by atoms with E-state index in [2.05, 4.69) is 11.4 Å². The van der Waals surface area contributed by atoms with Gasteiger partial charge < -0.3 is 4.52 Å². The van der Waals surface area contributed by atoms with Crippen molar-refractivity contribution < 1.29 is 4.52 Å². The Hall–Kier alpha value is -0.790. The third-order valence-corrected chi connectivity index (χ3v) is 7.38. The molecule has 2 heteroatoms. The largest absolute Gasteiger partial charge is 0.361 e. The van der Waals surface area contributed by atoms with Crippen molar-refractivity contribution in [1.29, 1.82) is 0 Å². The number of aromatic nitrogens is 1. The molecule has 2 unspecified atom stereocenters. The van der Waals surface area contributed by atoms with Crippen LogP contribution in [0.4, 0.5) is 0 Å². The van der Waals surface area contributed by atoms with Crippen LogP contribution in [-0.2, 0) is 0 Å². The van der Waals surface area contributed by atoms with Gasteiger partial charge in [-0.25, -0.2) is 0 Å². The summed E-state index contributed by atoms with van der Waals surface area (Å²) in [5.41, 5.74) is 1.51. The Bertz CT molecular complexity index is 496. The highest BCUT2D eigenvalue weighted by atomic mass is 16.5. The smallest absolute Gasteiger partial charge is 0.143 e. The molecular weight excluding hydrogens is 306 g/mol. The zero-order valence-electron chi connectivity index (χ0n) is 16.1. The van der Waals surface area contributed by atoms with Crippen LogP contribution >= 0.6 is 0 Å². The SMILES string of the molecule is c1noc(C2C3CCCCCCCCC32)c1C1CCCCCCCC1. The van der Waals surface area contributed by atoms with Gasteiger partial charge in [0.2, 0.25) is 0 Å². The molecule has 140 valence electrons. The van der Waals surface area contributed by atoms with Crippen molar-refractivity contribution in [2.24, 2.45) is 11.8 Å². The van der Waals surface area contributed by atoms with E-state index >= 15 is 0 Å². The van der Waals surface area contributed by atoms with Gasteiger partial charge in [0.1, 0.15) is 5.76 Å². The van der Waals surface area contributed by atoms with E-state index in [1.807, 2.05) is 0 Å². The van der Waals surface area contributed by atoms with Gasteiger partial charge in [0.05, 0.1) is 6.20 Å². The molecular formula is C23H37NO. The van der Waals surface area contributed by atoms with Crippen LogP contribution in [0.15, 0.2) is 10.7 Å². The maximum atomic E-state index is 5.93. The summed E-state index contributed by atoms with van der Waals surface area (Å²) in [6.45, 7) is 0. The Morgan fingerprint density at radius 1 is 0.640 bits per heavy atom. The summed E-state index contributed by atoms with van der Waals surface area (Å²) in [4.78, 5) is 0. The third-order valence-electron chi connectivity index (χ3n) is 7.38. The fourth-order valence-electron chi connectivity index (χ4n) is 5.85. The quantitative estimate of drug-likeness (QED) is 0.560. The molecule has 0 amide bonds. The number of hydrogen-bond donors (Lipinski definition) is 0. The lowest BCUT2D eigenvalue weighted by molar-refractivity contribution is 0.371. The molecule has 0 bridgehead atoms. The molecule has 3 aliphatic rings. The molecule has 3 saturated carbocycles. The van der Waals surface area contributed by atoms with Crippen molar-refractivity contribution in [2.75, 3.05) is 0 Å². The summed E-state index contributed by atoms with van der Waals surface area (Å²) in [6, 6.07) is 0. The minimum absolute atomic E-state index is 0.711. The van der Waals surface area contributed by atoms with E-state index in [0.717, 1.165) is 17.8 Å². The average Bonchev–Trinajstić information content (AvgIpc) is 3.06. The molecule has 0 N–H and O–H groups in total. The van der Waals surface area contributed by atoms with Gasteiger partial charge in [-0.1, -0.05) is 82.2 Å². The van der Waals surface area contributed by atoms with Crippen LogP contribution in [0, 0.1) is 11.8 Å². The summed E-state index contributed by atoms with van der Waals surface area (Å²) in [5, 5.41) is 4.30. The van der Waals surface area contributed by atoms with E-state index in [-0.39, 0.29) is 0 Å². The van der Waals surface area contributed by atoms with Gasteiger partial charge in [-0.15, -0.1) is 0 Å². The molecule has 2 nitrogen and oxygen atoms in total. The Kier molecular flexibility index (Phi) is 6.15. The third kappa shape index (κ3) is 4.31. The van der Waals surface area contributed by atoms with Crippen molar-refractivity contribution in [3.8, 4) is 0 Å². The summed E-state index contributed by atoms with van der Waals surface area (Å²) >= 11 is 0. The molecule has 0 aliphatic heterocycles. The predicted octanol–water partition coefficient (Wildman–Crippen LogP) is 7.36. The standard InChI is InChI=1S/C23H37NO/c1-2-6-10-14-18(13-9-5-1)21-17-24-25-23(21)22-19-15-11-7-3-4-8-12-16-20(19)22/h17-20,22H,1-16H2. The molecule has 1 aromatic heterocycles. The van der Waals surface area contributed by atoms with Gasteiger partial charge in [-0.05, 0) is 43.4 Å². The van der Waals surface area contributed by atoms with Crippen LogP contribution in [0.3, 0.4) is 0 Å². The van der Waals surface area contributed by atoms with E-state index in [1.165, 1.54) is 114 Å². The highest BCUT2D eigenvalue weighted by molar-refractivity contribution is 5.29. The van der Waals surface area contributed by atoms with E-state index in [0.29, 0.717) is 5.92 Å². The van der Waals surface area contributed by atoms with Gasteiger partial charge in [0.15, 0.2) is 0 Å². The highest BCUT2D eigenvalue weighted by Crippen LogP contribution is 2.60. The summed E-state index contributed by atoms with van der Waals surface area (Å²) in [5.74, 6) is 4.56. The molecule has 2 atom stereocenters. The van der Waals surface area contributed by atoms with Crippen LogP contribution in [0.25, 0.3) is 0 Å². The zero-order valence-corrected chi connectivity index (χ0v) is 16.1. The van der Waals surface area contributed by atoms with E-state index < -0.39 is 0 Å². The van der Waals surface area contributed by atoms with Crippen molar-refractivity contribution >= 4 is 0 Å².